The molecule has 5 nitrogen and oxygen atoms in total. The third kappa shape index (κ3) is 1.44. The van der Waals surface area contributed by atoms with Crippen molar-refractivity contribution in [1.82, 2.24) is 9.38 Å². The number of rotatable bonds is 2. The number of pyridine rings is 2. The monoisotopic (exact) mass is 316 g/mol. The number of aromatic carboxylic acids is 1. The molecule has 0 spiro atoms. The van der Waals surface area contributed by atoms with Gasteiger partial charge in [-0.15, -0.1) is 0 Å². The fraction of sp³-hybridized carbons (Fsp3) is 0.0526. The summed E-state index contributed by atoms with van der Waals surface area (Å²) in [6.07, 6.45) is 1.76. The number of fused-ring (bicyclic) bond motifs is 3. The smallest absolute Gasteiger partial charge is 0.352 e. The minimum atomic E-state index is -0.958. The minimum Gasteiger partial charge on any atom is -0.494 e. The Bertz CT molecular complexity index is 1270. The van der Waals surface area contributed by atoms with Crippen LogP contribution in [0.5, 0.6) is 5.75 Å². The molecule has 0 saturated heterocycles. The Morgan fingerprint density at radius 3 is 2.79 bits per heavy atom. The molecule has 5 heteroatoms. The molecule has 0 bridgehead atoms. The number of nitrogens with zero attached hydrogens (tertiary/aromatic N) is 2. The molecule has 0 aliphatic rings. The van der Waals surface area contributed by atoms with E-state index in [2.05, 4.69) is 4.98 Å². The summed E-state index contributed by atoms with van der Waals surface area (Å²) in [6.45, 7) is 0. The molecule has 1 N–H and O–H groups in total. The maximum Gasteiger partial charge on any atom is 0.352 e. The van der Waals surface area contributed by atoms with E-state index in [1.165, 1.54) is 0 Å². The lowest BCUT2D eigenvalue weighted by Gasteiger charge is -2.14. The Hall–Kier alpha value is -3.34. The second-order valence-corrected chi connectivity index (χ2v) is 5.79. The molecule has 0 aliphatic carbocycles. The molecular formula is C19H12N2O3. The molecule has 5 rings (SSSR count). The Morgan fingerprint density at radius 1 is 1.17 bits per heavy atom. The third-order valence-corrected chi connectivity index (χ3v) is 4.61. The predicted molar refractivity (Wildman–Crippen MR) is 92.4 cm³/mol. The van der Waals surface area contributed by atoms with Gasteiger partial charge in [0.15, 0.2) is 0 Å². The SMILES string of the molecule is COc1cc2cc(C(=O)O)n3c4ccccc4c4ccnc1c4c23. The first-order valence-electron chi connectivity index (χ1n) is 7.55. The summed E-state index contributed by atoms with van der Waals surface area (Å²) in [5.74, 6) is -0.312. The molecule has 24 heavy (non-hydrogen) atoms. The number of para-hydroxylation sites is 1. The summed E-state index contributed by atoms with van der Waals surface area (Å²) in [6, 6.07) is 13.3. The topological polar surface area (TPSA) is 63.8 Å². The molecule has 0 fully saturated rings. The second kappa shape index (κ2) is 4.35. The fourth-order valence-corrected chi connectivity index (χ4v) is 3.68. The number of aromatic nitrogens is 2. The van der Waals surface area contributed by atoms with E-state index in [1.807, 2.05) is 40.8 Å². The molecule has 2 aromatic carbocycles. The van der Waals surface area contributed by atoms with Gasteiger partial charge >= 0.3 is 5.97 Å². The predicted octanol–water partition coefficient (Wildman–Crippen LogP) is 3.94. The number of benzene rings is 2. The number of carboxylic acids is 1. The van der Waals surface area contributed by atoms with Gasteiger partial charge in [0.25, 0.3) is 0 Å². The lowest BCUT2D eigenvalue weighted by atomic mass is 10.0. The highest BCUT2D eigenvalue weighted by Crippen LogP contribution is 2.40. The summed E-state index contributed by atoms with van der Waals surface area (Å²) >= 11 is 0. The minimum absolute atomic E-state index is 0.238. The van der Waals surface area contributed by atoms with Crippen LogP contribution in [0.15, 0.2) is 48.7 Å². The van der Waals surface area contributed by atoms with Gasteiger partial charge < -0.3 is 14.2 Å². The van der Waals surface area contributed by atoms with Gasteiger partial charge in [-0.2, -0.15) is 0 Å². The molecule has 5 aromatic rings. The quantitative estimate of drug-likeness (QED) is 0.396. The molecule has 0 saturated carbocycles. The Labute approximate surface area is 136 Å². The molecule has 0 atom stereocenters. The van der Waals surface area contributed by atoms with Crippen LogP contribution in [0.2, 0.25) is 0 Å². The maximum absolute atomic E-state index is 11.8. The highest BCUT2D eigenvalue weighted by molar-refractivity contribution is 6.24. The first kappa shape index (κ1) is 13.1. The molecular weight excluding hydrogens is 304 g/mol. The van der Waals surface area contributed by atoms with E-state index in [4.69, 9.17) is 4.74 Å². The van der Waals surface area contributed by atoms with Crippen molar-refractivity contribution in [1.29, 1.82) is 0 Å². The van der Waals surface area contributed by atoms with Crippen molar-refractivity contribution in [3.05, 3.63) is 54.4 Å². The van der Waals surface area contributed by atoms with Gasteiger partial charge in [-0.05, 0) is 29.7 Å². The highest BCUT2D eigenvalue weighted by atomic mass is 16.5. The van der Waals surface area contributed by atoms with Crippen LogP contribution >= 0.6 is 0 Å². The molecule has 3 aromatic heterocycles. The summed E-state index contributed by atoms with van der Waals surface area (Å²) in [5, 5.41) is 13.5. The van der Waals surface area contributed by atoms with Crippen LogP contribution in [0.25, 0.3) is 38.1 Å². The normalized spacial score (nSPS) is 11.9. The van der Waals surface area contributed by atoms with E-state index in [0.29, 0.717) is 5.75 Å². The van der Waals surface area contributed by atoms with Crippen LogP contribution in [0, 0.1) is 0 Å². The van der Waals surface area contributed by atoms with Crippen LogP contribution in [0.1, 0.15) is 10.5 Å². The van der Waals surface area contributed by atoms with E-state index < -0.39 is 5.97 Å². The Balaban J connectivity index is 2.24. The summed E-state index contributed by atoms with van der Waals surface area (Å²) < 4.78 is 7.30. The van der Waals surface area contributed by atoms with Gasteiger partial charge in [0.1, 0.15) is 17.0 Å². The van der Waals surface area contributed by atoms with E-state index in [-0.39, 0.29) is 5.69 Å². The van der Waals surface area contributed by atoms with Crippen molar-refractivity contribution >= 4 is 44.1 Å². The van der Waals surface area contributed by atoms with E-state index in [1.54, 1.807) is 19.4 Å². The van der Waals surface area contributed by atoms with Crippen molar-refractivity contribution in [2.24, 2.45) is 0 Å². The number of methoxy groups -OCH3 is 1. The maximum atomic E-state index is 11.8. The first-order valence-corrected chi connectivity index (χ1v) is 7.55. The van der Waals surface area contributed by atoms with Gasteiger partial charge in [-0.1, -0.05) is 18.2 Å². The number of ether oxygens (including phenoxy) is 1. The molecule has 0 amide bonds. The van der Waals surface area contributed by atoms with Crippen molar-refractivity contribution in [2.45, 2.75) is 0 Å². The Morgan fingerprint density at radius 2 is 2.00 bits per heavy atom. The zero-order valence-electron chi connectivity index (χ0n) is 12.8. The van der Waals surface area contributed by atoms with Crippen LogP contribution in [0.3, 0.4) is 0 Å². The lowest BCUT2D eigenvalue weighted by Crippen LogP contribution is -2.03. The van der Waals surface area contributed by atoms with E-state index >= 15 is 0 Å². The zero-order chi connectivity index (χ0) is 16.4. The van der Waals surface area contributed by atoms with Crippen LogP contribution in [-0.4, -0.2) is 27.6 Å². The largest absolute Gasteiger partial charge is 0.494 e. The average molecular weight is 316 g/mol. The molecule has 0 radical (unpaired) electrons. The van der Waals surface area contributed by atoms with Crippen LogP contribution in [-0.2, 0) is 0 Å². The second-order valence-electron chi connectivity index (χ2n) is 5.79. The van der Waals surface area contributed by atoms with Gasteiger partial charge in [-0.25, -0.2) is 4.79 Å². The highest BCUT2D eigenvalue weighted by Gasteiger charge is 2.22. The van der Waals surface area contributed by atoms with Gasteiger partial charge in [0.2, 0.25) is 0 Å². The summed E-state index contributed by atoms with van der Waals surface area (Å²) in [7, 11) is 1.60. The average Bonchev–Trinajstić information content (AvgIpc) is 3.01. The van der Waals surface area contributed by atoms with Crippen molar-refractivity contribution in [2.75, 3.05) is 7.11 Å². The van der Waals surface area contributed by atoms with E-state index in [9.17, 15) is 9.90 Å². The van der Waals surface area contributed by atoms with Gasteiger partial charge in [0, 0.05) is 22.4 Å². The van der Waals surface area contributed by atoms with Gasteiger partial charge in [-0.3, -0.25) is 4.98 Å². The molecule has 0 unspecified atom stereocenters. The standard InChI is InChI=1S/C19H12N2O3/c1-24-15-9-10-8-14(19(22)23)21-13-5-3-2-4-11(13)12-6-7-20-17(15)16(12)18(10)21/h2-9H,1H3,(H,22,23). The summed E-state index contributed by atoms with van der Waals surface area (Å²) in [5.41, 5.74) is 2.72. The number of carbonyl (C=O) groups is 1. The molecule has 116 valence electrons. The number of hydrogen-bond acceptors (Lipinski definition) is 3. The van der Waals surface area contributed by atoms with Crippen molar-refractivity contribution in [3.63, 3.8) is 0 Å². The van der Waals surface area contributed by atoms with Crippen LogP contribution < -0.4 is 4.74 Å². The fourth-order valence-electron chi connectivity index (χ4n) is 3.68. The molecule has 0 aliphatic heterocycles. The molecule has 3 heterocycles. The third-order valence-electron chi connectivity index (χ3n) is 4.61. The number of carboxylic acid groups (broad SMARTS) is 1. The number of hydrogen-bond donors (Lipinski definition) is 1. The van der Waals surface area contributed by atoms with Gasteiger partial charge in [0.05, 0.1) is 18.1 Å². The van der Waals surface area contributed by atoms with Crippen LogP contribution in [0.4, 0.5) is 0 Å². The van der Waals surface area contributed by atoms with E-state index in [0.717, 1.165) is 38.1 Å². The van der Waals surface area contributed by atoms with Crippen molar-refractivity contribution < 1.29 is 14.6 Å². The lowest BCUT2D eigenvalue weighted by molar-refractivity contribution is 0.0690. The van der Waals surface area contributed by atoms with Crippen molar-refractivity contribution in [3.8, 4) is 5.75 Å². The summed E-state index contributed by atoms with van der Waals surface area (Å²) in [4.78, 5) is 16.3. The Kier molecular flexibility index (Phi) is 2.38. The zero-order valence-corrected chi connectivity index (χ0v) is 12.8. The first-order chi connectivity index (χ1) is 11.7.